The number of halogens is 1. The lowest BCUT2D eigenvalue weighted by molar-refractivity contribution is -0.120. The van der Waals surface area contributed by atoms with Crippen LogP contribution in [0.25, 0.3) is 0 Å². The summed E-state index contributed by atoms with van der Waals surface area (Å²) in [5.74, 6) is -0.0742. The maximum absolute atomic E-state index is 14.2. The van der Waals surface area contributed by atoms with Crippen molar-refractivity contribution in [2.45, 2.75) is 24.3 Å². The summed E-state index contributed by atoms with van der Waals surface area (Å²) in [6.07, 6.45) is 1.10. The molecule has 4 nitrogen and oxygen atoms in total. The zero-order valence-electron chi connectivity index (χ0n) is 13.0. The van der Waals surface area contributed by atoms with Crippen LogP contribution in [-0.2, 0) is 10.2 Å². The maximum Gasteiger partial charge on any atom is 0.243 e. The molecule has 0 radical (unpaired) electrons. The Morgan fingerprint density at radius 1 is 1.21 bits per heavy atom. The first-order valence-electron chi connectivity index (χ1n) is 7.95. The summed E-state index contributed by atoms with van der Waals surface area (Å²) in [4.78, 5) is 16.7. The quantitative estimate of drug-likeness (QED) is 0.923. The fourth-order valence-electron chi connectivity index (χ4n) is 3.87. The van der Waals surface area contributed by atoms with Crippen molar-refractivity contribution in [3.63, 3.8) is 0 Å². The smallest absolute Gasteiger partial charge is 0.243 e. The Hall–Kier alpha value is -2.69. The Morgan fingerprint density at radius 3 is 2.75 bits per heavy atom. The molecule has 2 aliphatic heterocycles. The second-order valence-corrected chi connectivity index (χ2v) is 6.29. The fourth-order valence-corrected chi connectivity index (χ4v) is 3.87. The summed E-state index contributed by atoms with van der Waals surface area (Å²) in [7, 11) is 0. The van der Waals surface area contributed by atoms with E-state index in [1.54, 1.807) is 18.2 Å². The van der Waals surface area contributed by atoms with E-state index in [2.05, 4.69) is 4.99 Å². The minimum Gasteiger partial charge on any atom is -0.493 e. The number of ether oxygens (including phenoxy) is 1. The zero-order valence-corrected chi connectivity index (χ0v) is 13.0. The van der Waals surface area contributed by atoms with E-state index in [9.17, 15) is 9.18 Å². The number of nitrogens with zero attached hydrogens (tertiary/aromatic N) is 1. The summed E-state index contributed by atoms with van der Waals surface area (Å²) >= 11 is 0. The highest BCUT2D eigenvalue weighted by Crippen LogP contribution is 2.48. The van der Waals surface area contributed by atoms with Gasteiger partial charge >= 0.3 is 0 Å². The number of primary amides is 1. The van der Waals surface area contributed by atoms with Crippen LogP contribution < -0.4 is 10.5 Å². The highest BCUT2D eigenvalue weighted by atomic mass is 19.1. The molecule has 24 heavy (non-hydrogen) atoms. The highest BCUT2D eigenvalue weighted by Gasteiger charge is 2.51. The van der Waals surface area contributed by atoms with Crippen molar-refractivity contribution in [3.05, 3.63) is 65.5 Å². The molecule has 5 heteroatoms. The van der Waals surface area contributed by atoms with Crippen LogP contribution in [0.4, 0.5) is 4.39 Å². The van der Waals surface area contributed by atoms with E-state index in [-0.39, 0.29) is 5.82 Å². The third-order valence-electron chi connectivity index (χ3n) is 4.97. The molecule has 2 aliphatic rings. The number of carbonyl (C=O) groups is 1. The number of fused-ring (bicyclic) bond motifs is 2. The summed E-state index contributed by atoms with van der Waals surface area (Å²) in [5, 5.41) is 0. The van der Waals surface area contributed by atoms with Crippen molar-refractivity contribution < 1.29 is 13.9 Å². The predicted molar refractivity (Wildman–Crippen MR) is 88.8 cm³/mol. The SMILES string of the molecule is NC(=O)C1N=C(c2ccccc2F)CC12CCOc1ccccc12. The number of aliphatic imine (C=N–C) groups is 1. The van der Waals surface area contributed by atoms with Crippen LogP contribution in [0, 0.1) is 5.82 Å². The number of hydrogen-bond donors (Lipinski definition) is 1. The molecule has 0 saturated carbocycles. The first-order chi connectivity index (χ1) is 11.6. The van der Waals surface area contributed by atoms with E-state index in [1.807, 2.05) is 24.3 Å². The number of amides is 1. The Kier molecular flexibility index (Phi) is 3.37. The molecular weight excluding hydrogens is 307 g/mol. The molecule has 0 saturated heterocycles. The van der Waals surface area contributed by atoms with Crippen molar-refractivity contribution in [1.82, 2.24) is 0 Å². The van der Waals surface area contributed by atoms with Gasteiger partial charge in [0, 0.05) is 28.7 Å². The van der Waals surface area contributed by atoms with E-state index >= 15 is 0 Å². The third kappa shape index (κ3) is 2.12. The lowest BCUT2D eigenvalue weighted by Gasteiger charge is -2.38. The summed E-state index contributed by atoms with van der Waals surface area (Å²) < 4.78 is 19.9. The van der Waals surface area contributed by atoms with E-state index in [1.165, 1.54) is 6.07 Å². The van der Waals surface area contributed by atoms with Crippen LogP contribution in [0.5, 0.6) is 5.75 Å². The van der Waals surface area contributed by atoms with E-state index in [4.69, 9.17) is 10.5 Å². The topological polar surface area (TPSA) is 64.7 Å². The van der Waals surface area contributed by atoms with E-state index in [0.717, 1.165) is 11.3 Å². The molecule has 2 aromatic rings. The lowest BCUT2D eigenvalue weighted by Crippen LogP contribution is -2.46. The van der Waals surface area contributed by atoms with Crippen LogP contribution in [0.1, 0.15) is 24.0 Å². The summed E-state index contributed by atoms with van der Waals surface area (Å²) in [6.45, 7) is 0.487. The monoisotopic (exact) mass is 324 g/mol. The van der Waals surface area contributed by atoms with Crippen molar-refractivity contribution in [2.24, 2.45) is 10.7 Å². The standard InChI is InChI=1S/C19H17FN2O2/c20-14-7-3-1-5-12(14)15-11-19(17(22-15)18(21)23)9-10-24-16-8-4-2-6-13(16)19/h1-8,17H,9-11H2,(H2,21,23). The normalized spacial score (nSPS) is 25.0. The number of rotatable bonds is 2. The molecule has 2 aromatic carbocycles. The highest BCUT2D eigenvalue weighted by molar-refractivity contribution is 6.06. The van der Waals surface area contributed by atoms with Gasteiger partial charge in [-0.15, -0.1) is 0 Å². The Labute approximate surface area is 139 Å². The zero-order chi connectivity index (χ0) is 16.7. The van der Waals surface area contributed by atoms with Gasteiger partial charge in [0.1, 0.15) is 17.6 Å². The van der Waals surface area contributed by atoms with E-state index < -0.39 is 17.4 Å². The van der Waals surface area contributed by atoms with Gasteiger partial charge in [0.2, 0.25) is 5.91 Å². The minimum atomic E-state index is -0.711. The molecule has 2 unspecified atom stereocenters. The second kappa shape index (κ2) is 5.44. The van der Waals surface area contributed by atoms with Gasteiger partial charge in [0.05, 0.1) is 6.61 Å². The largest absolute Gasteiger partial charge is 0.493 e. The first kappa shape index (κ1) is 14.9. The van der Waals surface area contributed by atoms with Gasteiger partial charge in [0.25, 0.3) is 0 Å². The fraction of sp³-hybridized carbons (Fsp3) is 0.263. The number of benzene rings is 2. The molecule has 0 aliphatic carbocycles. The lowest BCUT2D eigenvalue weighted by atomic mass is 9.68. The number of carbonyl (C=O) groups excluding carboxylic acids is 1. The van der Waals surface area contributed by atoms with Gasteiger partial charge in [-0.1, -0.05) is 36.4 Å². The molecule has 122 valence electrons. The van der Waals surface area contributed by atoms with Crippen molar-refractivity contribution >= 4 is 11.6 Å². The molecule has 0 fully saturated rings. The third-order valence-corrected chi connectivity index (χ3v) is 4.97. The molecular formula is C19H17FN2O2. The average Bonchev–Trinajstić information content (AvgIpc) is 2.96. The first-order valence-corrected chi connectivity index (χ1v) is 7.95. The molecule has 2 N–H and O–H groups in total. The summed E-state index contributed by atoms with van der Waals surface area (Å²) in [5.41, 5.74) is 7.05. The molecule has 0 bridgehead atoms. The van der Waals surface area contributed by atoms with Gasteiger partial charge in [-0.3, -0.25) is 9.79 Å². The van der Waals surface area contributed by atoms with Crippen LogP contribution in [-0.4, -0.2) is 24.3 Å². The van der Waals surface area contributed by atoms with Crippen LogP contribution >= 0.6 is 0 Å². The van der Waals surface area contributed by atoms with Gasteiger partial charge in [0.15, 0.2) is 0 Å². The molecule has 2 heterocycles. The maximum atomic E-state index is 14.2. The van der Waals surface area contributed by atoms with Crippen LogP contribution in [0.15, 0.2) is 53.5 Å². The van der Waals surface area contributed by atoms with Crippen molar-refractivity contribution in [1.29, 1.82) is 0 Å². The number of hydrogen-bond acceptors (Lipinski definition) is 3. The van der Waals surface area contributed by atoms with Crippen molar-refractivity contribution in [2.75, 3.05) is 6.61 Å². The molecule has 0 aromatic heterocycles. The predicted octanol–water partition coefficient (Wildman–Crippen LogP) is 2.59. The van der Waals surface area contributed by atoms with Crippen molar-refractivity contribution in [3.8, 4) is 5.75 Å². The summed E-state index contributed by atoms with van der Waals surface area (Å²) in [6, 6.07) is 13.4. The Balaban J connectivity index is 1.85. The van der Waals surface area contributed by atoms with Gasteiger partial charge < -0.3 is 10.5 Å². The average molecular weight is 324 g/mol. The Bertz CT molecular complexity index is 849. The van der Waals surface area contributed by atoms with Gasteiger partial charge in [-0.2, -0.15) is 0 Å². The van der Waals surface area contributed by atoms with Gasteiger partial charge in [-0.25, -0.2) is 4.39 Å². The number of nitrogens with two attached hydrogens (primary N) is 1. The van der Waals surface area contributed by atoms with Crippen LogP contribution in [0.3, 0.4) is 0 Å². The number of para-hydroxylation sites is 1. The van der Waals surface area contributed by atoms with Crippen LogP contribution in [0.2, 0.25) is 0 Å². The second-order valence-electron chi connectivity index (χ2n) is 6.29. The molecule has 1 amide bonds. The molecule has 2 atom stereocenters. The molecule has 1 spiro atoms. The Morgan fingerprint density at radius 2 is 1.96 bits per heavy atom. The van der Waals surface area contributed by atoms with Gasteiger partial charge in [-0.05, 0) is 18.6 Å². The molecule has 4 rings (SSSR count). The van der Waals surface area contributed by atoms with E-state index in [0.29, 0.717) is 30.7 Å². The minimum absolute atomic E-state index is 0.336.